The molecule has 16 heavy (non-hydrogen) atoms. The van der Waals surface area contributed by atoms with Gasteiger partial charge in [-0.05, 0) is 25.5 Å². The van der Waals surface area contributed by atoms with E-state index in [2.05, 4.69) is 17.3 Å². The van der Waals surface area contributed by atoms with Crippen LogP contribution in [-0.2, 0) is 0 Å². The molecule has 0 heterocycles. The highest BCUT2D eigenvalue weighted by Crippen LogP contribution is 2.09. The predicted octanol–water partition coefficient (Wildman–Crippen LogP) is 1.70. The quantitative estimate of drug-likeness (QED) is 0.434. The van der Waals surface area contributed by atoms with Crippen molar-refractivity contribution in [2.45, 2.75) is 25.8 Å². The zero-order valence-corrected chi connectivity index (χ0v) is 9.57. The van der Waals surface area contributed by atoms with Crippen molar-refractivity contribution < 1.29 is 4.74 Å². The Morgan fingerprint density at radius 3 is 2.75 bits per heavy atom. The molecule has 3 N–H and O–H groups in total. The first kappa shape index (κ1) is 12.6. The lowest BCUT2D eigenvalue weighted by Crippen LogP contribution is -2.35. The molecule has 0 amide bonds. The molecular formula is C13H18N2O. The maximum Gasteiger partial charge on any atom is 0.119 e. The summed E-state index contributed by atoms with van der Waals surface area (Å²) in [5, 5.41) is 0. The summed E-state index contributed by atoms with van der Waals surface area (Å²) in [7, 11) is 0. The Labute approximate surface area is 97.0 Å². The maximum absolute atomic E-state index is 5.57. The predicted molar refractivity (Wildman–Crippen MR) is 65.7 cm³/mol. The molecule has 0 saturated heterocycles. The van der Waals surface area contributed by atoms with Crippen LogP contribution in [0.2, 0.25) is 0 Å². The zero-order chi connectivity index (χ0) is 11.6. The number of rotatable bonds is 6. The van der Waals surface area contributed by atoms with E-state index in [1.807, 2.05) is 37.3 Å². The molecule has 1 atom stereocenters. The Balaban J connectivity index is 2.25. The van der Waals surface area contributed by atoms with E-state index in [1.54, 1.807) is 0 Å². The Bertz CT molecular complexity index is 340. The summed E-state index contributed by atoms with van der Waals surface area (Å²) in [4.78, 5) is 0. The fraction of sp³-hybridized carbons (Fsp3) is 0.385. The van der Waals surface area contributed by atoms with E-state index < -0.39 is 0 Å². The number of ether oxygens (including phenoxy) is 1. The van der Waals surface area contributed by atoms with Crippen LogP contribution in [-0.4, -0.2) is 12.6 Å². The third kappa shape index (κ3) is 4.83. The van der Waals surface area contributed by atoms with Gasteiger partial charge in [0.05, 0.1) is 6.61 Å². The van der Waals surface area contributed by atoms with Gasteiger partial charge in [-0.3, -0.25) is 11.3 Å². The standard InChI is InChI=1S/C13H18N2O/c1-2-3-7-12(15-14)10-11-16-13-8-5-4-6-9-13/h4-6,8-9,12,15H,7,10-11,14H2,1H3. The fourth-order valence-corrected chi connectivity index (χ4v) is 1.31. The monoisotopic (exact) mass is 218 g/mol. The summed E-state index contributed by atoms with van der Waals surface area (Å²) in [6.07, 6.45) is 1.60. The van der Waals surface area contributed by atoms with Crippen LogP contribution in [0.25, 0.3) is 0 Å². The Kier molecular flexibility index (Phi) is 6.09. The maximum atomic E-state index is 5.57. The SMILES string of the molecule is CC#CCC(CCOc1ccccc1)NN. The second-order valence-corrected chi connectivity index (χ2v) is 3.44. The van der Waals surface area contributed by atoms with Crippen LogP contribution in [0.15, 0.2) is 30.3 Å². The molecule has 1 aromatic carbocycles. The van der Waals surface area contributed by atoms with Crippen molar-refractivity contribution in [2.24, 2.45) is 5.84 Å². The summed E-state index contributed by atoms with van der Waals surface area (Å²) >= 11 is 0. The Morgan fingerprint density at radius 2 is 2.12 bits per heavy atom. The molecule has 1 aromatic rings. The van der Waals surface area contributed by atoms with E-state index in [0.717, 1.165) is 18.6 Å². The van der Waals surface area contributed by atoms with E-state index in [0.29, 0.717) is 6.61 Å². The normalized spacial score (nSPS) is 11.4. The number of hydrogen-bond acceptors (Lipinski definition) is 3. The molecule has 0 fully saturated rings. The minimum absolute atomic E-state index is 0.191. The molecule has 1 rings (SSSR count). The molecule has 1 unspecified atom stereocenters. The second kappa shape index (κ2) is 7.75. The fourth-order valence-electron chi connectivity index (χ4n) is 1.31. The van der Waals surface area contributed by atoms with Crippen LogP contribution in [0.5, 0.6) is 5.75 Å². The molecule has 0 spiro atoms. The molecule has 0 aliphatic carbocycles. The van der Waals surface area contributed by atoms with E-state index in [9.17, 15) is 0 Å². The van der Waals surface area contributed by atoms with Crippen LogP contribution in [0.1, 0.15) is 19.8 Å². The topological polar surface area (TPSA) is 47.3 Å². The van der Waals surface area contributed by atoms with Gasteiger partial charge in [0, 0.05) is 12.5 Å². The third-order valence-corrected chi connectivity index (χ3v) is 2.24. The van der Waals surface area contributed by atoms with Crippen molar-refractivity contribution in [3.63, 3.8) is 0 Å². The van der Waals surface area contributed by atoms with Gasteiger partial charge < -0.3 is 4.74 Å². The Morgan fingerprint density at radius 1 is 1.38 bits per heavy atom. The number of benzene rings is 1. The van der Waals surface area contributed by atoms with Crippen molar-refractivity contribution in [1.82, 2.24) is 5.43 Å². The number of hydrogen-bond donors (Lipinski definition) is 2. The average molecular weight is 218 g/mol. The van der Waals surface area contributed by atoms with E-state index in [4.69, 9.17) is 10.6 Å². The first-order valence-corrected chi connectivity index (χ1v) is 5.40. The number of hydrazine groups is 1. The number of nitrogens with one attached hydrogen (secondary N) is 1. The lowest BCUT2D eigenvalue weighted by Gasteiger charge is -2.13. The molecular weight excluding hydrogens is 200 g/mol. The minimum Gasteiger partial charge on any atom is -0.494 e. The van der Waals surface area contributed by atoms with Gasteiger partial charge >= 0.3 is 0 Å². The first-order chi connectivity index (χ1) is 7.86. The molecule has 0 aromatic heterocycles. The van der Waals surface area contributed by atoms with Crippen LogP contribution in [0.4, 0.5) is 0 Å². The molecule has 3 heteroatoms. The molecule has 86 valence electrons. The van der Waals surface area contributed by atoms with Crippen LogP contribution >= 0.6 is 0 Å². The van der Waals surface area contributed by atoms with E-state index in [-0.39, 0.29) is 6.04 Å². The average Bonchev–Trinajstić information content (AvgIpc) is 2.35. The summed E-state index contributed by atoms with van der Waals surface area (Å²) in [6, 6.07) is 9.95. The van der Waals surface area contributed by atoms with Gasteiger partial charge in [0.2, 0.25) is 0 Å². The van der Waals surface area contributed by atoms with E-state index >= 15 is 0 Å². The van der Waals surface area contributed by atoms with Crippen LogP contribution in [0.3, 0.4) is 0 Å². The molecule has 0 radical (unpaired) electrons. The minimum atomic E-state index is 0.191. The van der Waals surface area contributed by atoms with Crippen molar-refractivity contribution in [3.8, 4) is 17.6 Å². The van der Waals surface area contributed by atoms with Crippen molar-refractivity contribution in [3.05, 3.63) is 30.3 Å². The van der Waals surface area contributed by atoms with Crippen LogP contribution in [0, 0.1) is 11.8 Å². The highest BCUT2D eigenvalue weighted by atomic mass is 16.5. The highest BCUT2D eigenvalue weighted by molar-refractivity contribution is 5.20. The lowest BCUT2D eigenvalue weighted by atomic mass is 10.1. The second-order valence-electron chi connectivity index (χ2n) is 3.44. The van der Waals surface area contributed by atoms with Crippen molar-refractivity contribution in [2.75, 3.05) is 6.61 Å². The van der Waals surface area contributed by atoms with Gasteiger partial charge in [-0.2, -0.15) is 0 Å². The van der Waals surface area contributed by atoms with Gasteiger partial charge in [0.1, 0.15) is 5.75 Å². The molecule has 0 aliphatic rings. The molecule has 0 aliphatic heterocycles. The first-order valence-electron chi connectivity index (χ1n) is 5.40. The molecule has 0 saturated carbocycles. The largest absolute Gasteiger partial charge is 0.494 e. The lowest BCUT2D eigenvalue weighted by molar-refractivity contribution is 0.287. The van der Waals surface area contributed by atoms with E-state index in [1.165, 1.54) is 0 Å². The van der Waals surface area contributed by atoms with Gasteiger partial charge in [0.25, 0.3) is 0 Å². The van der Waals surface area contributed by atoms with Crippen LogP contribution < -0.4 is 16.0 Å². The van der Waals surface area contributed by atoms with Crippen molar-refractivity contribution in [1.29, 1.82) is 0 Å². The number of nitrogens with two attached hydrogens (primary N) is 1. The van der Waals surface area contributed by atoms with Gasteiger partial charge in [-0.25, -0.2) is 0 Å². The molecule has 0 bridgehead atoms. The summed E-state index contributed by atoms with van der Waals surface area (Å²) < 4.78 is 5.57. The van der Waals surface area contributed by atoms with Gasteiger partial charge in [-0.1, -0.05) is 18.2 Å². The van der Waals surface area contributed by atoms with Gasteiger partial charge in [-0.15, -0.1) is 11.8 Å². The summed E-state index contributed by atoms with van der Waals surface area (Å²) in [6.45, 7) is 2.47. The Hall–Kier alpha value is -1.50. The smallest absolute Gasteiger partial charge is 0.119 e. The summed E-state index contributed by atoms with van der Waals surface area (Å²) in [5.41, 5.74) is 2.74. The highest BCUT2D eigenvalue weighted by Gasteiger charge is 2.04. The number of para-hydroxylation sites is 1. The third-order valence-electron chi connectivity index (χ3n) is 2.24. The molecule has 3 nitrogen and oxygen atoms in total. The van der Waals surface area contributed by atoms with Gasteiger partial charge in [0.15, 0.2) is 0 Å². The van der Waals surface area contributed by atoms with Crippen molar-refractivity contribution >= 4 is 0 Å². The zero-order valence-electron chi connectivity index (χ0n) is 9.57. The summed E-state index contributed by atoms with van der Waals surface area (Å²) in [5.74, 6) is 12.2.